The summed E-state index contributed by atoms with van der Waals surface area (Å²) < 4.78 is 35.9. The molecule has 8 atom stereocenters. The van der Waals surface area contributed by atoms with Gasteiger partial charge in [-0.1, -0.05) is 0 Å². The number of phosphoric acid groups is 1. The quantitative estimate of drug-likeness (QED) is 0.178. The minimum atomic E-state index is -4.89. The predicted octanol–water partition coefficient (Wildman–Crippen LogP) is -3.24. The van der Waals surface area contributed by atoms with E-state index in [1.165, 1.54) is 13.1 Å². The number of hydrogen-bond acceptors (Lipinski definition) is 12. The molecule has 0 amide bonds. The molecule has 2 aromatic heterocycles. The van der Waals surface area contributed by atoms with E-state index in [0.29, 0.717) is 0 Å². The molecule has 2 aliphatic rings. The summed E-state index contributed by atoms with van der Waals surface area (Å²) in [5, 5.41) is 20.0. The van der Waals surface area contributed by atoms with Gasteiger partial charge in [0.05, 0.1) is 25.4 Å². The molecular formula is C19H26N5O12P. The number of aromatic amines is 2. The van der Waals surface area contributed by atoms with E-state index >= 15 is 0 Å². The third kappa shape index (κ3) is 5.74. The standard InChI is InChI=1S/C19H26N5O12P/c1-8-5-24(19(30)22-16(8)28)13-4-9(26)11(34-13)7-33-37(31,32)36-15-10(6-25)35-17(14(15)20)23-3-2-12(27)21-18(23)29/h2-3,5,9-11,13-15,17,25-26H,4,6-7,20H2,1H3,(H,31,32)(H,21,27,29)(H,22,28,30)/t9-,10+,11+,13+,14+,15+,17+/m0/s1. The number of H-pyrrole nitrogens is 2. The Hall–Kier alpha value is -2.73. The molecule has 0 aliphatic carbocycles. The third-order valence-electron chi connectivity index (χ3n) is 6.01. The van der Waals surface area contributed by atoms with Gasteiger partial charge in [-0.25, -0.2) is 14.2 Å². The van der Waals surface area contributed by atoms with Crippen LogP contribution in [0.2, 0.25) is 0 Å². The molecule has 4 heterocycles. The molecule has 0 bridgehead atoms. The number of aliphatic hydroxyl groups is 2. The number of aryl methyl sites for hydroxylation is 1. The number of aliphatic hydroxyl groups excluding tert-OH is 2. The monoisotopic (exact) mass is 547 g/mol. The highest BCUT2D eigenvalue weighted by Gasteiger charge is 2.48. The lowest BCUT2D eigenvalue weighted by Gasteiger charge is -2.24. The normalized spacial score (nSPS) is 31.4. The van der Waals surface area contributed by atoms with E-state index in [1.807, 2.05) is 4.98 Å². The summed E-state index contributed by atoms with van der Waals surface area (Å²) >= 11 is 0. The topological polar surface area (TPSA) is 250 Å². The fourth-order valence-electron chi connectivity index (χ4n) is 4.11. The van der Waals surface area contributed by atoms with Gasteiger partial charge in [0.25, 0.3) is 11.1 Å². The third-order valence-corrected chi connectivity index (χ3v) is 7.00. The van der Waals surface area contributed by atoms with Gasteiger partial charge >= 0.3 is 19.2 Å². The van der Waals surface area contributed by atoms with E-state index in [4.69, 9.17) is 24.3 Å². The average Bonchev–Trinajstić information content (AvgIpc) is 3.34. The van der Waals surface area contributed by atoms with Crippen molar-refractivity contribution < 1.29 is 38.2 Å². The summed E-state index contributed by atoms with van der Waals surface area (Å²) in [5.74, 6) is 0. The Labute approximate surface area is 206 Å². The van der Waals surface area contributed by atoms with Crippen molar-refractivity contribution in [3.8, 4) is 0 Å². The summed E-state index contributed by atoms with van der Waals surface area (Å²) in [4.78, 5) is 61.5. The Morgan fingerprint density at radius 1 is 1.16 bits per heavy atom. The molecule has 0 radical (unpaired) electrons. The highest BCUT2D eigenvalue weighted by molar-refractivity contribution is 7.47. The van der Waals surface area contributed by atoms with Crippen LogP contribution in [0.15, 0.2) is 37.6 Å². The molecule has 2 saturated heterocycles. The Morgan fingerprint density at radius 3 is 2.54 bits per heavy atom. The van der Waals surface area contributed by atoms with Gasteiger partial charge in [-0.2, -0.15) is 0 Å². The Bertz CT molecular complexity index is 1420. The molecular weight excluding hydrogens is 521 g/mol. The lowest BCUT2D eigenvalue weighted by molar-refractivity contribution is -0.0576. The summed E-state index contributed by atoms with van der Waals surface area (Å²) in [5.41, 5.74) is 3.47. The molecule has 4 rings (SSSR count). The van der Waals surface area contributed by atoms with Crippen molar-refractivity contribution in [1.29, 1.82) is 0 Å². The number of ether oxygens (including phenoxy) is 2. The van der Waals surface area contributed by atoms with Gasteiger partial charge in [-0.15, -0.1) is 0 Å². The van der Waals surface area contributed by atoms with Crippen LogP contribution >= 0.6 is 7.82 Å². The van der Waals surface area contributed by atoms with Crippen LogP contribution in [0, 0.1) is 6.92 Å². The van der Waals surface area contributed by atoms with Gasteiger partial charge in [0.1, 0.15) is 24.5 Å². The largest absolute Gasteiger partial charge is 0.472 e. The van der Waals surface area contributed by atoms with Crippen LogP contribution in [0.5, 0.6) is 0 Å². The number of phosphoric ester groups is 1. The SMILES string of the molecule is Cc1cn([C@H]2C[C@H](O)[C@@H](COP(=O)(O)O[C@H]3[C@@H](N)[C@H](n4ccc(=O)[nH]c4=O)O[C@@H]3CO)O2)c(=O)[nH]c1=O. The van der Waals surface area contributed by atoms with Gasteiger partial charge in [0, 0.05) is 30.4 Å². The number of aromatic nitrogens is 4. The average molecular weight is 547 g/mol. The molecule has 0 spiro atoms. The van der Waals surface area contributed by atoms with Crippen molar-refractivity contribution in [1.82, 2.24) is 19.1 Å². The fraction of sp³-hybridized carbons (Fsp3) is 0.579. The van der Waals surface area contributed by atoms with Crippen LogP contribution in [-0.4, -0.2) is 77.9 Å². The maximum Gasteiger partial charge on any atom is 0.472 e. The van der Waals surface area contributed by atoms with Crippen LogP contribution in [0.1, 0.15) is 24.4 Å². The van der Waals surface area contributed by atoms with Crippen LogP contribution in [0.25, 0.3) is 0 Å². The molecule has 0 aromatic carbocycles. The lowest BCUT2D eigenvalue weighted by Crippen LogP contribution is -2.44. The molecule has 37 heavy (non-hydrogen) atoms. The van der Waals surface area contributed by atoms with Crippen molar-refractivity contribution in [3.05, 3.63) is 65.7 Å². The zero-order chi connectivity index (χ0) is 27.1. The van der Waals surface area contributed by atoms with E-state index in [2.05, 4.69) is 4.98 Å². The van der Waals surface area contributed by atoms with Crippen LogP contribution in [0.4, 0.5) is 0 Å². The molecule has 18 heteroatoms. The summed E-state index contributed by atoms with van der Waals surface area (Å²) in [6.07, 6.45) is -4.87. The maximum absolute atomic E-state index is 12.7. The number of rotatable bonds is 8. The second-order valence-corrected chi connectivity index (χ2v) is 9.99. The molecule has 2 aliphatic heterocycles. The molecule has 2 aromatic rings. The van der Waals surface area contributed by atoms with Gasteiger partial charge in [-0.05, 0) is 6.92 Å². The summed E-state index contributed by atoms with van der Waals surface area (Å²) in [6, 6.07) is -0.194. The molecule has 204 valence electrons. The Balaban J connectivity index is 1.41. The first kappa shape index (κ1) is 27.3. The first-order valence-corrected chi connectivity index (χ1v) is 12.5. The fourth-order valence-corrected chi connectivity index (χ4v) is 5.09. The molecule has 1 unspecified atom stereocenters. The zero-order valence-corrected chi connectivity index (χ0v) is 20.2. The van der Waals surface area contributed by atoms with Gasteiger partial charge in [-0.3, -0.25) is 37.7 Å². The van der Waals surface area contributed by atoms with Crippen molar-refractivity contribution in [2.45, 2.75) is 56.3 Å². The smallest absolute Gasteiger partial charge is 0.394 e. The summed E-state index contributed by atoms with van der Waals surface area (Å²) in [7, 11) is -4.89. The van der Waals surface area contributed by atoms with E-state index in [0.717, 1.165) is 21.4 Å². The van der Waals surface area contributed by atoms with Crippen molar-refractivity contribution >= 4 is 7.82 Å². The van der Waals surface area contributed by atoms with E-state index < -0.39 is 86.4 Å². The molecule has 7 N–H and O–H groups in total. The Kier molecular flexibility index (Phi) is 7.80. The molecule has 17 nitrogen and oxygen atoms in total. The second-order valence-electron chi connectivity index (χ2n) is 8.59. The van der Waals surface area contributed by atoms with Crippen LogP contribution in [0.3, 0.4) is 0 Å². The first-order chi connectivity index (χ1) is 17.4. The predicted molar refractivity (Wildman–Crippen MR) is 122 cm³/mol. The summed E-state index contributed by atoms with van der Waals surface area (Å²) in [6.45, 7) is 0.166. The van der Waals surface area contributed by atoms with E-state index in [9.17, 15) is 38.8 Å². The van der Waals surface area contributed by atoms with Crippen LogP contribution < -0.4 is 28.2 Å². The van der Waals surface area contributed by atoms with E-state index in [1.54, 1.807) is 0 Å². The zero-order valence-electron chi connectivity index (χ0n) is 19.3. The second kappa shape index (κ2) is 10.6. The first-order valence-electron chi connectivity index (χ1n) is 11.0. The maximum atomic E-state index is 12.7. The van der Waals surface area contributed by atoms with E-state index in [-0.39, 0.29) is 12.0 Å². The number of nitrogens with two attached hydrogens (primary N) is 1. The minimum absolute atomic E-state index is 0.0699. The van der Waals surface area contributed by atoms with Crippen molar-refractivity contribution in [3.63, 3.8) is 0 Å². The molecule has 0 saturated carbocycles. The van der Waals surface area contributed by atoms with Crippen LogP contribution in [-0.2, 0) is 23.1 Å². The van der Waals surface area contributed by atoms with Crippen molar-refractivity contribution in [2.24, 2.45) is 5.73 Å². The highest BCUT2D eigenvalue weighted by Crippen LogP contribution is 2.48. The minimum Gasteiger partial charge on any atom is -0.394 e. The Morgan fingerprint density at radius 2 is 1.86 bits per heavy atom. The lowest BCUT2D eigenvalue weighted by atomic mass is 10.1. The van der Waals surface area contributed by atoms with Crippen molar-refractivity contribution in [2.75, 3.05) is 13.2 Å². The number of nitrogens with zero attached hydrogens (tertiary/aromatic N) is 2. The van der Waals surface area contributed by atoms with Gasteiger partial charge in [0.15, 0.2) is 6.23 Å². The highest BCUT2D eigenvalue weighted by atomic mass is 31.2. The van der Waals surface area contributed by atoms with Gasteiger partial charge < -0.3 is 30.3 Å². The number of nitrogens with one attached hydrogen (secondary N) is 2. The van der Waals surface area contributed by atoms with Gasteiger partial charge in [0.2, 0.25) is 0 Å². The number of hydrogen-bond donors (Lipinski definition) is 6. The molecule has 2 fully saturated rings.